The van der Waals surface area contributed by atoms with Gasteiger partial charge >= 0.3 is 0 Å². The number of anilines is 3. The average Bonchev–Trinajstić information content (AvgIpc) is 4.07. The monoisotopic (exact) mass is 1020 g/mol. The lowest BCUT2D eigenvalue weighted by Crippen LogP contribution is -2.33. The number of benzene rings is 4. The van der Waals surface area contributed by atoms with Crippen molar-refractivity contribution in [1.29, 1.82) is 0 Å². The topological polar surface area (TPSA) is 222 Å². The first-order chi connectivity index (χ1) is 36.0. The first-order valence-electron chi connectivity index (χ1n) is 26.5. The molecule has 74 heavy (non-hydrogen) atoms. The molecular weight excluding hydrogens is 944 g/mol. The largest absolute Gasteiger partial charge is 0.397 e. The van der Waals surface area contributed by atoms with Gasteiger partial charge in [0.1, 0.15) is 0 Å². The van der Waals surface area contributed by atoms with E-state index in [0.29, 0.717) is 61.1 Å². The molecule has 0 amide bonds. The van der Waals surface area contributed by atoms with E-state index in [4.69, 9.17) is 43.9 Å². The highest BCUT2D eigenvalue weighted by Crippen LogP contribution is 2.29. The molecule has 8 aromatic rings. The quantitative estimate of drug-likeness (QED) is 0.0505. The zero-order chi connectivity index (χ0) is 52.4. The van der Waals surface area contributed by atoms with E-state index < -0.39 is 0 Å². The third-order valence-electron chi connectivity index (χ3n) is 13.9. The van der Waals surface area contributed by atoms with E-state index in [9.17, 15) is 0 Å². The number of aromatic nitrogens is 8. The van der Waals surface area contributed by atoms with Crippen molar-refractivity contribution in [3.63, 3.8) is 0 Å². The Hall–Kier alpha value is -6.49. The highest BCUT2D eigenvalue weighted by Gasteiger charge is 2.22. The van der Waals surface area contributed by atoms with Crippen LogP contribution in [0.4, 0.5) is 17.6 Å². The van der Waals surface area contributed by atoms with Crippen LogP contribution in [0.2, 0.25) is 5.28 Å². The summed E-state index contributed by atoms with van der Waals surface area (Å²) >= 11 is 6.17. The highest BCUT2D eigenvalue weighted by atomic mass is 35.5. The summed E-state index contributed by atoms with van der Waals surface area (Å²) in [6.45, 7) is 11.9. The summed E-state index contributed by atoms with van der Waals surface area (Å²) in [5, 5.41) is 18.3. The van der Waals surface area contributed by atoms with Crippen molar-refractivity contribution in [2.45, 2.75) is 148 Å². The van der Waals surface area contributed by atoms with Crippen LogP contribution in [0.25, 0.3) is 44.6 Å². The minimum Gasteiger partial charge on any atom is -0.397 e. The Kier molecular flexibility index (Phi) is 20.7. The van der Waals surface area contributed by atoms with Crippen LogP contribution in [0, 0.1) is 0 Å². The lowest BCUT2D eigenvalue weighted by Gasteiger charge is -2.27. The van der Waals surface area contributed by atoms with Crippen LogP contribution < -0.4 is 33.2 Å². The van der Waals surface area contributed by atoms with E-state index in [1.165, 1.54) is 27.8 Å². The van der Waals surface area contributed by atoms with Crippen LogP contribution in [0.15, 0.2) is 122 Å². The second-order valence-corrected chi connectivity index (χ2v) is 19.8. The second-order valence-electron chi connectivity index (χ2n) is 19.5. The maximum Gasteiger partial charge on any atom is 0.227 e. The van der Waals surface area contributed by atoms with Gasteiger partial charge in [-0.05, 0) is 130 Å². The number of halogens is 1. The van der Waals surface area contributed by atoms with Crippen LogP contribution in [0.5, 0.6) is 0 Å². The van der Waals surface area contributed by atoms with Crippen molar-refractivity contribution in [3.05, 3.63) is 138 Å². The summed E-state index contributed by atoms with van der Waals surface area (Å²) in [6, 6.07) is 40.1. The van der Waals surface area contributed by atoms with Gasteiger partial charge in [-0.25, -0.2) is 9.97 Å². The molecular formula is C58H77ClN14O. The van der Waals surface area contributed by atoms with E-state index in [0.717, 1.165) is 97.9 Å². The molecule has 0 bridgehead atoms. The molecule has 15 nitrogen and oxygen atoms in total. The fourth-order valence-corrected chi connectivity index (χ4v) is 9.17. The summed E-state index contributed by atoms with van der Waals surface area (Å²) in [4.78, 5) is 27.7. The second kappa shape index (κ2) is 27.7. The van der Waals surface area contributed by atoms with Crippen molar-refractivity contribution in [2.75, 3.05) is 22.6 Å². The predicted octanol–water partition coefficient (Wildman–Crippen LogP) is 11.7. The van der Waals surface area contributed by atoms with Gasteiger partial charge in [0, 0.05) is 55.9 Å². The Morgan fingerprint density at radius 3 is 1.34 bits per heavy atom. The van der Waals surface area contributed by atoms with Crippen LogP contribution in [-0.4, -0.2) is 74.9 Å². The van der Waals surface area contributed by atoms with Crippen LogP contribution in [0.3, 0.4) is 0 Å². The van der Waals surface area contributed by atoms with Gasteiger partial charge in [0.05, 0.1) is 12.7 Å². The summed E-state index contributed by atoms with van der Waals surface area (Å²) in [6.07, 6.45) is 14.4. The number of fused-ring (bicyclic) bond motifs is 2. The number of imidazole rings is 2. The summed E-state index contributed by atoms with van der Waals surface area (Å²) in [5.74, 6) is 2.08. The smallest absolute Gasteiger partial charge is 0.227 e. The van der Waals surface area contributed by atoms with Gasteiger partial charge < -0.3 is 47.4 Å². The molecule has 0 aliphatic heterocycles. The van der Waals surface area contributed by atoms with E-state index in [2.05, 4.69) is 153 Å². The maximum absolute atomic E-state index is 7.57. The number of nitrogens with zero attached hydrogens (tertiary/aromatic N) is 8. The zero-order valence-corrected chi connectivity index (χ0v) is 44.6. The number of hydrogen-bond donors (Lipinski definition) is 7. The van der Waals surface area contributed by atoms with Gasteiger partial charge in [0.25, 0.3) is 0 Å². The fraction of sp³-hybridized carbons (Fsp3) is 0.414. The van der Waals surface area contributed by atoms with Crippen LogP contribution in [-0.2, 0) is 13.1 Å². The highest BCUT2D eigenvalue weighted by molar-refractivity contribution is 6.28. The number of aliphatic hydroxyl groups is 1. The molecule has 2 saturated carbocycles. The van der Waals surface area contributed by atoms with Crippen molar-refractivity contribution < 1.29 is 5.11 Å². The third kappa shape index (κ3) is 15.3. The summed E-state index contributed by atoms with van der Waals surface area (Å²) in [7, 11) is 0. The molecule has 10 rings (SSSR count). The molecule has 4 aromatic carbocycles. The number of nitrogens with two attached hydrogens (primary N) is 3. The SMILES string of the molecule is CCC(C)n1cnc2c(NCc3ccc(-c4ccccc4)cc3)nc(Cl)nc21.CCC(C)n1cnc2c(NCc3ccc(-c4ccccc4)cc3)nc(NC3CCC(N)CC3)nc21.CCO.NC1CCC(N)CC1. The van der Waals surface area contributed by atoms with E-state index in [1.807, 2.05) is 41.5 Å². The number of rotatable bonds is 14. The zero-order valence-electron chi connectivity index (χ0n) is 43.8. The van der Waals surface area contributed by atoms with Crippen molar-refractivity contribution in [3.8, 4) is 22.3 Å². The Labute approximate surface area is 442 Å². The number of hydrogen-bond acceptors (Lipinski definition) is 13. The minimum absolute atomic E-state index is 0.222. The molecule has 392 valence electrons. The maximum atomic E-state index is 7.57. The van der Waals surface area contributed by atoms with Gasteiger partial charge in [-0.15, -0.1) is 0 Å². The Balaban J connectivity index is 0.000000182. The Morgan fingerprint density at radius 2 is 0.919 bits per heavy atom. The Morgan fingerprint density at radius 1 is 0.541 bits per heavy atom. The average molecular weight is 1020 g/mol. The predicted molar refractivity (Wildman–Crippen MR) is 305 cm³/mol. The molecule has 2 unspecified atom stereocenters. The van der Waals surface area contributed by atoms with E-state index in [1.54, 1.807) is 6.92 Å². The Bertz CT molecular complexity index is 2890. The van der Waals surface area contributed by atoms with Gasteiger partial charge in [0.2, 0.25) is 11.2 Å². The molecule has 0 radical (unpaired) electrons. The van der Waals surface area contributed by atoms with Crippen LogP contribution >= 0.6 is 11.6 Å². The molecule has 16 heteroatoms. The van der Waals surface area contributed by atoms with Gasteiger partial charge in [-0.3, -0.25) is 0 Å². The molecule has 2 atom stereocenters. The van der Waals surface area contributed by atoms with Crippen molar-refractivity contribution >= 4 is 51.5 Å². The first-order valence-corrected chi connectivity index (χ1v) is 26.9. The van der Waals surface area contributed by atoms with Gasteiger partial charge in [0.15, 0.2) is 34.0 Å². The molecule has 2 fully saturated rings. The normalized spacial score (nSPS) is 18.1. The van der Waals surface area contributed by atoms with Crippen molar-refractivity contribution in [1.82, 2.24) is 39.0 Å². The standard InChI is InChI=1S/C28H35N7.C22H22ClN5.C6H14N2.C2H6O/c1-3-19(2)35-18-31-25-26(33-28(34-27(25)35)32-24-15-13-23(29)14-16-24)30-17-20-9-11-22(12-10-20)21-7-5-4-6-8-21;1-3-15(2)28-14-25-19-20(26-22(23)27-21(19)28)24-13-16-9-11-18(12-10-16)17-7-5-4-6-8-17;7-5-1-2-6(8)4-3-5;1-2-3/h4-12,18-19,23-24H,3,13-17,29H2,1-2H3,(H2,30,32,33,34);4-12,14-15H,3,13H2,1-2H3,(H,24,26,27);5-6H,1-4,7-8H2;3H,2H2,1H3. The number of nitrogens with one attached hydrogen (secondary N) is 3. The summed E-state index contributed by atoms with van der Waals surface area (Å²) < 4.78 is 4.20. The van der Waals surface area contributed by atoms with Gasteiger partial charge in [-0.2, -0.15) is 19.9 Å². The molecule has 10 N–H and O–H groups in total. The van der Waals surface area contributed by atoms with E-state index in [-0.39, 0.29) is 11.9 Å². The minimum atomic E-state index is 0.222. The van der Waals surface area contributed by atoms with Crippen molar-refractivity contribution in [2.24, 2.45) is 17.2 Å². The fourth-order valence-electron chi connectivity index (χ4n) is 9.01. The van der Waals surface area contributed by atoms with Gasteiger partial charge in [-0.1, -0.05) is 123 Å². The molecule has 0 spiro atoms. The van der Waals surface area contributed by atoms with E-state index >= 15 is 0 Å². The third-order valence-corrected chi connectivity index (χ3v) is 14.1. The van der Waals surface area contributed by atoms with Crippen LogP contribution in [0.1, 0.15) is 122 Å². The molecule has 4 heterocycles. The molecule has 2 aliphatic rings. The molecule has 0 saturated heterocycles. The lowest BCUT2D eigenvalue weighted by molar-refractivity contribution is 0.318. The summed E-state index contributed by atoms with van der Waals surface area (Å²) in [5.41, 5.74) is 27.7. The lowest BCUT2D eigenvalue weighted by atomic mass is 9.92. The molecule has 4 aromatic heterocycles. The molecule has 2 aliphatic carbocycles. The number of aliphatic hydroxyl groups excluding tert-OH is 1. The first kappa shape index (κ1) is 55.3.